The highest BCUT2D eigenvalue weighted by Gasteiger charge is 2.25. The summed E-state index contributed by atoms with van der Waals surface area (Å²) in [6.07, 6.45) is 0. The van der Waals surface area contributed by atoms with Crippen molar-refractivity contribution in [2.75, 3.05) is 13.6 Å². The van der Waals surface area contributed by atoms with Crippen molar-refractivity contribution in [3.8, 4) is 0 Å². The molecule has 0 aromatic rings. The highest BCUT2D eigenvalue weighted by atomic mass is 32.1. The number of aliphatic hydroxyl groups is 1. The molecule has 0 aromatic heterocycles. The van der Waals surface area contributed by atoms with Gasteiger partial charge in [-0.25, -0.2) is 0 Å². The first-order valence-corrected chi connectivity index (χ1v) is 5.32. The molecule has 0 rings (SSSR count). The summed E-state index contributed by atoms with van der Waals surface area (Å²) < 4.78 is 0. The van der Waals surface area contributed by atoms with Gasteiger partial charge in [0.15, 0.2) is 0 Å². The first kappa shape index (κ1) is 13.8. The molecular weight excluding hydrogens is 198 g/mol. The van der Waals surface area contributed by atoms with Gasteiger partial charge in [-0.05, 0) is 19.8 Å². The number of nitrogens with zero attached hydrogens (tertiary/aromatic N) is 1. The molecule has 1 atom stereocenters. The molecule has 0 aliphatic heterocycles. The average Bonchev–Trinajstić information content (AvgIpc) is 1.98. The fraction of sp³-hybridized carbons (Fsp3) is 0.900. The van der Waals surface area contributed by atoms with Crippen molar-refractivity contribution >= 4 is 18.5 Å². The van der Waals surface area contributed by atoms with Crippen molar-refractivity contribution < 1.29 is 9.90 Å². The van der Waals surface area contributed by atoms with Gasteiger partial charge in [-0.15, -0.1) is 0 Å². The summed E-state index contributed by atoms with van der Waals surface area (Å²) in [5.74, 6) is 0.167. The molecule has 1 N–H and O–H groups in total. The zero-order valence-electron chi connectivity index (χ0n) is 9.61. The Morgan fingerprint density at radius 1 is 1.50 bits per heavy atom. The zero-order valence-corrected chi connectivity index (χ0v) is 10.5. The molecule has 14 heavy (non-hydrogen) atoms. The molecule has 0 saturated heterocycles. The molecule has 0 spiro atoms. The lowest BCUT2D eigenvalue weighted by atomic mass is 10.1. The molecular formula is C10H21NO2S. The van der Waals surface area contributed by atoms with Crippen LogP contribution in [0.5, 0.6) is 0 Å². The van der Waals surface area contributed by atoms with Crippen LogP contribution in [-0.2, 0) is 4.79 Å². The molecule has 0 saturated carbocycles. The van der Waals surface area contributed by atoms with Gasteiger partial charge in [0, 0.05) is 13.6 Å². The maximum absolute atomic E-state index is 11.7. The van der Waals surface area contributed by atoms with Gasteiger partial charge >= 0.3 is 0 Å². The van der Waals surface area contributed by atoms with Crippen molar-refractivity contribution in [1.29, 1.82) is 0 Å². The molecule has 0 fully saturated rings. The third-order valence-corrected chi connectivity index (χ3v) is 2.70. The van der Waals surface area contributed by atoms with E-state index in [2.05, 4.69) is 12.6 Å². The monoisotopic (exact) mass is 219 g/mol. The third kappa shape index (κ3) is 4.86. The minimum atomic E-state index is -0.852. The van der Waals surface area contributed by atoms with Crippen LogP contribution in [0, 0.1) is 5.92 Å². The summed E-state index contributed by atoms with van der Waals surface area (Å²) in [7, 11) is 1.69. The molecule has 1 unspecified atom stereocenters. The molecule has 3 nitrogen and oxygen atoms in total. The predicted octanol–water partition coefficient (Wildman–Crippen LogP) is 1.17. The first-order valence-electron chi connectivity index (χ1n) is 4.80. The van der Waals surface area contributed by atoms with Crippen LogP contribution in [0.2, 0.25) is 0 Å². The van der Waals surface area contributed by atoms with Gasteiger partial charge in [-0.2, -0.15) is 12.6 Å². The quantitative estimate of drug-likeness (QED) is 0.697. The molecule has 0 aromatic carbocycles. The summed E-state index contributed by atoms with van der Waals surface area (Å²) in [5.41, 5.74) is -0.852. The largest absolute Gasteiger partial charge is 0.389 e. The Balaban J connectivity index is 4.26. The van der Waals surface area contributed by atoms with Crippen LogP contribution in [0.4, 0.5) is 0 Å². The average molecular weight is 219 g/mol. The topological polar surface area (TPSA) is 40.5 Å². The van der Waals surface area contributed by atoms with E-state index in [4.69, 9.17) is 0 Å². The number of hydrogen-bond donors (Lipinski definition) is 2. The van der Waals surface area contributed by atoms with E-state index in [1.807, 2.05) is 13.8 Å². The molecule has 1 amide bonds. The van der Waals surface area contributed by atoms with Crippen molar-refractivity contribution in [3.05, 3.63) is 0 Å². The Morgan fingerprint density at radius 3 is 2.21 bits per heavy atom. The Bertz CT molecular complexity index is 199. The fourth-order valence-electron chi connectivity index (χ4n) is 1.17. The van der Waals surface area contributed by atoms with Crippen molar-refractivity contribution in [2.45, 2.75) is 38.5 Å². The number of likely N-dealkylation sites (N-methyl/N-ethyl adjacent to an activating group) is 1. The van der Waals surface area contributed by atoms with Crippen LogP contribution in [0.3, 0.4) is 0 Å². The lowest BCUT2D eigenvalue weighted by Crippen LogP contribution is -2.44. The number of thiol groups is 1. The zero-order chi connectivity index (χ0) is 11.5. The standard InChI is InChI=1S/C10H21NO2S/c1-7(2)8(14)9(12)11(5)6-10(3,4)13/h7-8,13-14H,6H2,1-5H3. The number of amides is 1. The van der Waals surface area contributed by atoms with Crippen LogP contribution < -0.4 is 0 Å². The summed E-state index contributed by atoms with van der Waals surface area (Å²) in [6.45, 7) is 7.59. The maximum atomic E-state index is 11.7. The second kappa shape index (κ2) is 5.03. The first-order chi connectivity index (χ1) is 6.15. The molecule has 0 bridgehead atoms. The second-order valence-corrected chi connectivity index (χ2v) is 5.25. The number of hydrogen-bond acceptors (Lipinski definition) is 3. The van der Waals surface area contributed by atoms with Gasteiger partial charge in [0.1, 0.15) is 0 Å². The third-order valence-electron chi connectivity index (χ3n) is 1.88. The van der Waals surface area contributed by atoms with E-state index in [1.54, 1.807) is 20.9 Å². The Morgan fingerprint density at radius 2 is 1.93 bits per heavy atom. The van der Waals surface area contributed by atoms with Gasteiger partial charge in [-0.3, -0.25) is 4.79 Å². The van der Waals surface area contributed by atoms with Gasteiger partial charge in [-0.1, -0.05) is 13.8 Å². The van der Waals surface area contributed by atoms with Gasteiger partial charge < -0.3 is 10.0 Å². The van der Waals surface area contributed by atoms with Crippen molar-refractivity contribution in [1.82, 2.24) is 4.90 Å². The lowest BCUT2D eigenvalue weighted by molar-refractivity contribution is -0.132. The van der Waals surface area contributed by atoms with E-state index >= 15 is 0 Å². The van der Waals surface area contributed by atoms with E-state index in [0.717, 1.165) is 0 Å². The van der Waals surface area contributed by atoms with Gasteiger partial charge in [0.05, 0.1) is 10.9 Å². The van der Waals surface area contributed by atoms with Crippen LogP contribution in [0.25, 0.3) is 0 Å². The second-order valence-electron chi connectivity index (χ2n) is 4.70. The van der Waals surface area contributed by atoms with Crippen LogP contribution in [0.1, 0.15) is 27.7 Å². The predicted molar refractivity (Wildman–Crippen MR) is 61.5 cm³/mol. The summed E-state index contributed by atoms with van der Waals surface area (Å²) in [4.78, 5) is 13.2. The van der Waals surface area contributed by atoms with Crippen LogP contribution >= 0.6 is 12.6 Å². The van der Waals surface area contributed by atoms with Crippen LogP contribution in [0.15, 0.2) is 0 Å². The minimum absolute atomic E-state index is 0.0366. The fourth-order valence-corrected chi connectivity index (χ4v) is 1.37. The van der Waals surface area contributed by atoms with Crippen molar-refractivity contribution in [3.63, 3.8) is 0 Å². The minimum Gasteiger partial charge on any atom is -0.389 e. The number of carbonyl (C=O) groups is 1. The molecule has 0 heterocycles. The Labute approximate surface area is 91.9 Å². The summed E-state index contributed by atoms with van der Waals surface area (Å²) in [6, 6.07) is 0. The summed E-state index contributed by atoms with van der Waals surface area (Å²) >= 11 is 4.24. The van der Waals surface area contributed by atoms with Gasteiger partial charge in [0.2, 0.25) is 5.91 Å². The smallest absolute Gasteiger partial charge is 0.235 e. The summed E-state index contributed by atoms with van der Waals surface area (Å²) in [5, 5.41) is 9.25. The van der Waals surface area contributed by atoms with E-state index in [9.17, 15) is 9.90 Å². The van der Waals surface area contributed by atoms with E-state index in [0.29, 0.717) is 6.54 Å². The highest BCUT2D eigenvalue weighted by Crippen LogP contribution is 2.13. The lowest BCUT2D eigenvalue weighted by Gasteiger charge is -2.28. The normalized spacial score (nSPS) is 14.3. The SMILES string of the molecule is CC(C)C(S)C(=O)N(C)CC(C)(C)O. The molecule has 0 aliphatic carbocycles. The number of carbonyl (C=O) groups excluding carboxylic acids is 1. The molecule has 0 aliphatic rings. The molecule has 4 heteroatoms. The maximum Gasteiger partial charge on any atom is 0.235 e. The van der Waals surface area contributed by atoms with E-state index < -0.39 is 5.60 Å². The molecule has 84 valence electrons. The Hall–Kier alpha value is -0.220. The van der Waals surface area contributed by atoms with E-state index in [-0.39, 0.29) is 17.1 Å². The van der Waals surface area contributed by atoms with Crippen LogP contribution in [-0.4, -0.2) is 40.4 Å². The number of rotatable bonds is 4. The van der Waals surface area contributed by atoms with Gasteiger partial charge in [0.25, 0.3) is 0 Å². The highest BCUT2D eigenvalue weighted by molar-refractivity contribution is 7.81. The molecule has 0 radical (unpaired) electrons. The van der Waals surface area contributed by atoms with Crippen molar-refractivity contribution in [2.24, 2.45) is 5.92 Å². The van der Waals surface area contributed by atoms with E-state index in [1.165, 1.54) is 4.90 Å². The Kier molecular flexibility index (Phi) is 4.95.